The Morgan fingerprint density at radius 3 is 2.67 bits per heavy atom. The van der Waals surface area contributed by atoms with Crippen LogP contribution in [0.3, 0.4) is 0 Å². The van der Waals surface area contributed by atoms with Gasteiger partial charge in [0.1, 0.15) is 6.61 Å². The monoisotopic (exact) mass is 350 g/mol. The van der Waals surface area contributed by atoms with Crippen molar-refractivity contribution in [2.45, 2.75) is 18.4 Å². The summed E-state index contributed by atoms with van der Waals surface area (Å²) in [7, 11) is 1.81. The number of thioether (sulfide) groups is 1. The summed E-state index contributed by atoms with van der Waals surface area (Å²) in [6.07, 6.45) is 5.74. The molecule has 2 aromatic rings. The van der Waals surface area contributed by atoms with Crippen molar-refractivity contribution in [3.63, 3.8) is 0 Å². The van der Waals surface area contributed by atoms with Gasteiger partial charge in [0.05, 0.1) is 17.6 Å². The van der Waals surface area contributed by atoms with E-state index >= 15 is 0 Å². The van der Waals surface area contributed by atoms with E-state index in [1.54, 1.807) is 34.6 Å². The van der Waals surface area contributed by atoms with E-state index < -0.39 is 0 Å². The van der Waals surface area contributed by atoms with Crippen molar-refractivity contribution >= 4 is 23.9 Å². The topological polar surface area (TPSA) is 119 Å². The molecule has 5 N–H and O–H groups in total. The van der Waals surface area contributed by atoms with Gasteiger partial charge in [-0.3, -0.25) is 15.2 Å². The van der Waals surface area contributed by atoms with Crippen molar-refractivity contribution in [2.24, 2.45) is 11.7 Å². The van der Waals surface area contributed by atoms with E-state index in [1.807, 2.05) is 32.4 Å². The summed E-state index contributed by atoms with van der Waals surface area (Å²) in [5.41, 5.74) is 4.57. The Bertz CT molecular complexity index is 654. The number of carbonyl (C=O) groups is 1. The highest BCUT2D eigenvalue weighted by molar-refractivity contribution is 7.98. The summed E-state index contributed by atoms with van der Waals surface area (Å²) in [6, 6.07) is 6.01. The SMILES string of the molecule is CSc1cccc(N(C)N)c1COc1cncc(C)n1.NNC=O. The van der Waals surface area contributed by atoms with Gasteiger partial charge in [-0.05, 0) is 25.3 Å². The molecular weight excluding hydrogens is 328 g/mol. The van der Waals surface area contributed by atoms with E-state index in [0.29, 0.717) is 18.9 Å². The van der Waals surface area contributed by atoms with E-state index in [0.717, 1.165) is 21.8 Å². The molecule has 0 saturated carbocycles. The molecule has 1 amide bonds. The third-order valence-corrected chi connectivity index (χ3v) is 3.70. The van der Waals surface area contributed by atoms with Gasteiger partial charge >= 0.3 is 0 Å². The lowest BCUT2D eigenvalue weighted by Gasteiger charge is -2.19. The van der Waals surface area contributed by atoms with E-state index in [1.165, 1.54) is 0 Å². The number of nitrogens with one attached hydrogen (secondary N) is 1. The Hall–Kier alpha value is -2.36. The molecule has 8 nitrogen and oxygen atoms in total. The Morgan fingerprint density at radius 1 is 1.42 bits per heavy atom. The minimum atomic E-state index is 0.403. The number of carbonyl (C=O) groups excluding carboxylic acids is 1. The maximum atomic E-state index is 8.94. The smallest absolute Gasteiger partial charge is 0.232 e. The minimum absolute atomic E-state index is 0.403. The van der Waals surface area contributed by atoms with Gasteiger partial charge in [-0.25, -0.2) is 16.7 Å². The average Bonchev–Trinajstić information content (AvgIpc) is 2.59. The number of ether oxygens (including phenoxy) is 1. The largest absolute Gasteiger partial charge is 0.472 e. The fraction of sp³-hybridized carbons (Fsp3) is 0.267. The molecule has 130 valence electrons. The highest BCUT2D eigenvalue weighted by Gasteiger charge is 2.11. The fourth-order valence-corrected chi connectivity index (χ4v) is 2.50. The quantitative estimate of drug-likeness (QED) is 0.232. The summed E-state index contributed by atoms with van der Waals surface area (Å²) in [5, 5.41) is 1.60. The first-order valence-corrected chi connectivity index (χ1v) is 8.21. The Labute approximate surface area is 145 Å². The molecule has 0 radical (unpaired) electrons. The molecule has 0 saturated heterocycles. The summed E-state index contributed by atoms with van der Waals surface area (Å²) >= 11 is 1.67. The summed E-state index contributed by atoms with van der Waals surface area (Å²) in [4.78, 5) is 18.4. The molecule has 24 heavy (non-hydrogen) atoms. The third-order valence-electron chi connectivity index (χ3n) is 2.87. The number of aryl methyl sites for hydroxylation is 1. The molecule has 0 atom stereocenters. The van der Waals surface area contributed by atoms with Crippen LogP contribution in [0.5, 0.6) is 5.88 Å². The molecule has 1 heterocycles. The number of nitrogens with zero attached hydrogens (tertiary/aromatic N) is 3. The second-order valence-corrected chi connectivity index (χ2v) is 5.49. The fourth-order valence-electron chi connectivity index (χ4n) is 1.88. The van der Waals surface area contributed by atoms with Gasteiger partial charge in [0.2, 0.25) is 12.3 Å². The molecule has 0 unspecified atom stereocenters. The van der Waals surface area contributed by atoms with E-state index in [9.17, 15) is 0 Å². The van der Waals surface area contributed by atoms with Gasteiger partial charge in [-0.1, -0.05) is 6.07 Å². The highest BCUT2D eigenvalue weighted by atomic mass is 32.2. The molecule has 0 bridgehead atoms. The number of hydrogen-bond acceptors (Lipinski definition) is 8. The van der Waals surface area contributed by atoms with Crippen LogP contribution < -0.4 is 26.9 Å². The summed E-state index contributed by atoms with van der Waals surface area (Å²) in [5.74, 6) is 10.8. The van der Waals surface area contributed by atoms with Crippen LogP contribution in [0.1, 0.15) is 11.3 Å². The standard InChI is InChI=1S/C14H18N4OS.CH4N2O/c1-10-7-16-8-14(17-10)19-9-11-12(18(2)15)5-4-6-13(11)20-3;2-3-1-4/h4-8H,9,15H2,1-3H3;1H,2H2,(H,3,4). The number of rotatable bonds is 6. The van der Waals surface area contributed by atoms with Crippen molar-refractivity contribution in [3.05, 3.63) is 41.9 Å². The molecule has 1 aromatic heterocycles. The zero-order chi connectivity index (χ0) is 17.9. The van der Waals surface area contributed by atoms with Crippen molar-refractivity contribution in [1.82, 2.24) is 15.4 Å². The number of hydrogen-bond donors (Lipinski definition) is 3. The van der Waals surface area contributed by atoms with Crippen LogP contribution in [0.25, 0.3) is 0 Å². The van der Waals surface area contributed by atoms with Crippen molar-refractivity contribution in [1.29, 1.82) is 0 Å². The number of hydrazine groups is 2. The zero-order valence-electron chi connectivity index (χ0n) is 13.9. The lowest BCUT2D eigenvalue weighted by Crippen LogP contribution is -2.26. The molecule has 0 aliphatic heterocycles. The van der Waals surface area contributed by atoms with Gasteiger partial charge in [0, 0.05) is 23.7 Å². The molecule has 9 heteroatoms. The van der Waals surface area contributed by atoms with Crippen LogP contribution in [0.15, 0.2) is 35.5 Å². The van der Waals surface area contributed by atoms with Crippen molar-refractivity contribution in [3.8, 4) is 5.88 Å². The van der Waals surface area contributed by atoms with E-state index in [2.05, 4.69) is 21.9 Å². The summed E-state index contributed by atoms with van der Waals surface area (Å²) in [6.45, 7) is 2.29. The van der Waals surface area contributed by atoms with Crippen LogP contribution >= 0.6 is 11.8 Å². The lowest BCUT2D eigenvalue weighted by molar-refractivity contribution is -0.109. The molecular formula is C15H22N6O2S. The molecule has 0 aliphatic rings. The van der Waals surface area contributed by atoms with Crippen LogP contribution in [0.4, 0.5) is 5.69 Å². The Morgan fingerprint density at radius 2 is 2.12 bits per heavy atom. The predicted octanol–water partition coefficient (Wildman–Crippen LogP) is 1.00. The molecule has 0 fully saturated rings. The average molecular weight is 350 g/mol. The van der Waals surface area contributed by atoms with Gasteiger partial charge in [0.15, 0.2) is 0 Å². The van der Waals surface area contributed by atoms with Crippen LogP contribution in [0, 0.1) is 6.92 Å². The number of benzene rings is 1. The zero-order valence-corrected chi connectivity index (χ0v) is 14.7. The number of anilines is 1. The molecule has 0 spiro atoms. The first kappa shape index (κ1) is 19.7. The molecule has 0 aliphatic carbocycles. The first-order valence-electron chi connectivity index (χ1n) is 6.99. The third kappa shape index (κ3) is 6.03. The van der Waals surface area contributed by atoms with Gasteiger partial charge in [0.25, 0.3) is 0 Å². The van der Waals surface area contributed by atoms with Crippen molar-refractivity contribution < 1.29 is 9.53 Å². The maximum Gasteiger partial charge on any atom is 0.232 e. The number of nitrogens with two attached hydrogens (primary N) is 2. The van der Waals surface area contributed by atoms with Gasteiger partial charge < -0.3 is 9.75 Å². The second kappa shape index (κ2) is 10.4. The van der Waals surface area contributed by atoms with E-state index in [-0.39, 0.29) is 0 Å². The second-order valence-electron chi connectivity index (χ2n) is 4.64. The number of amides is 1. The lowest BCUT2D eigenvalue weighted by atomic mass is 10.2. The Balaban J connectivity index is 0.000000648. The Kier molecular flexibility index (Phi) is 8.55. The predicted molar refractivity (Wildman–Crippen MR) is 95.3 cm³/mol. The highest BCUT2D eigenvalue weighted by Crippen LogP contribution is 2.29. The van der Waals surface area contributed by atoms with Gasteiger partial charge in [-0.2, -0.15) is 0 Å². The molecule has 2 rings (SSSR count). The van der Waals surface area contributed by atoms with Gasteiger partial charge in [-0.15, -0.1) is 11.8 Å². The van der Waals surface area contributed by atoms with E-state index in [4.69, 9.17) is 15.4 Å². The number of aromatic nitrogens is 2. The summed E-state index contributed by atoms with van der Waals surface area (Å²) < 4.78 is 5.74. The van der Waals surface area contributed by atoms with Crippen LogP contribution in [-0.4, -0.2) is 29.7 Å². The minimum Gasteiger partial charge on any atom is -0.472 e. The maximum absolute atomic E-state index is 8.94. The first-order chi connectivity index (χ1) is 11.5. The van der Waals surface area contributed by atoms with Crippen LogP contribution in [0.2, 0.25) is 0 Å². The normalized spacial score (nSPS) is 9.54. The van der Waals surface area contributed by atoms with Crippen LogP contribution in [-0.2, 0) is 11.4 Å². The molecule has 1 aromatic carbocycles. The van der Waals surface area contributed by atoms with Crippen molar-refractivity contribution in [2.75, 3.05) is 18.3 Å².